The fourth-order valence-electron chi connectivity index (χ4n) is 2.81. The van der Waals surface area contributed by atoms with Crippen LogP contribution in [0, 0.1) is 10.8 Å². The fraction of sp³-hybridized carbons (Fsp3) is 0.227. The van der Waals surface area contributed by atoms with Gasteiger partial charge < -0.3 is 25.7 Å². The number of nitrogens with two attached hydrogens (primary N) is 2. The van der Waals surface area contributed by atoms with Crippen LogP contribution in [0.25, 0.3) is 0 Å². The molecule has 2 rings (SSSR count). The predicted molar refractivity (Wildman–Crippen MR) is 117 cm³/mol. The van der Waals surface area contributed by atoms with Gasteiger partial charge in [0.2, 0.25) is 0 Å². The third kappa shape index (κ3) is 7.68. The van der Waals surface area contributed by atoms with Gasteiger partial charge in [-0.15, -0.1) is 0 Å². The number of amidine groups is 2. The normalized spacial score (nSPS) is 11.4. The van der Waals surface area contributed by atoms with Crippen LogP contribution in [0.15, 0.2) is 36.4 Å². The lowest BCUT2D eigenvalue weighted by molar-refractivity contribution is -0.191. The average Bonchev–Trinajstić information content (AvgIpc) is 2.81. The second-order valence-electron chi connectivity index (χ2n) is 7.32. The van der Waals surface area contributed by atoms with Gasteiger partial charge in [0.25, 0.3) is 0 Å². The first-order valence-electron chi connectivity index (χ1n) is 10.2. The van der Waals surface area contributed by atoms with E-state index in [1.54, 1.807) is 6.07 Å². The fourth-order valence-corrected chi connectivity index (χ4v) is 2.81. The molecule has 0 bridgehead atoms. The van der Waals surface area contributed by atoms with E-state index in [1.165, 1.54) is 18.2 Å². The summed E-state index contributed by atoms with van der Waals surface area (Å²) in [6.07, 6.45) is -11.9. The highest BCUT2D eigenvalue weighted by molar-refractivity contribution is 6.05. The number of ketones is 1. The highest BCUT2D eigenvalue weighted by Gasteiger charge is 2.45. The predicted octanol–water partition coefficient (Wildman–Crippen LogP) is 3.23. The molecule has 38 heavy (non-hydrogen) atoms. The van der Waals surface area contributed by atoms with Crippen molar-refractivity contribution in [2.24, 2.45) is 11.5 Å². The van der Waals surface area contributed by atoms with Crippen LogP contribution < -0.4 is 25.7 Å². The van der Waals surface area contributed by atoms with Crippen molar-refractivity contribution in [2.75, 3.05) is 6.61 Å². The Kier molecular flexibility index (Phi) is 9.05. The SMILES string of the molecule is N=C(N)c1cccc(OCCCC(=O)c2ccc(C(=N)N)c(OC(=O)C(F)(F)F)c2OC(=O)C(F)(F)F)c1. The molecule has 204 valence electrons. The Balaban J connectivity index is 2.37. The summed E-state index contributed by atoms with van der Waals surface area (Å²) in [5.41, 5.74) is 9.24. The smallest absolute Gasteiger partial charge is 0.491 e. The maximum Gasteiger partial charge on any atom is 0.491 e. The number of carbonyl (C=O) groups excluding carboxylic acids is 3. The molecule has 0 saturated carbocycles. The van der Waals surface area contributed by atoms with E-state index in [-0.39, 0.29) is 24.6 Å². The molecule has 6 N–H and O–H groups in total. The lowest BCUT2D eigenvalue weighted by Gasteiger charge is -2.18. The molecule has 0 radical (unpaired) electrons. The maximum absolute atomic E-state index is 12.8. The number of esters is 2. The van der Waals surface area contributed by atoms with Crippen LogP contribution >= 0.6 is 0 Å². The van der Waals surface area contributed by atoms with Crippen LogP contribution in [0.2, 0.25) is 0 Å². The van der Waals surface area contributed by atoms with Gasteiger partial charge >= 0.3 is 24.3 Å². The molecule has 16 heteroatoms. The molecular weight excluding hydrogens is 530 g/mol. The summed E-state index contributed by atoms with van der Waals surface area (Å²) in [5.74, 6) is -10.9. The van der Waals surface area contributed by atoms with Crippen molar-refractivity contribution in [3.8, 4) is 17.2 Å². The molecule has 0 aliphatic heterocycles. The molecule has 0 spiro atoms. The van der Waals surface area contributed by atoms with Crippen molar-refractivity contribution in [1.29, 1.82) is 10.8 Å². The summed E-state index contributed by atoms with van der Waals surface area (Å²) in [5, 5.41) is 14.8. The second kappa shape index (κ2) is 11.6. The number of halogens is 6. The Morgan fingerprint density at radius 3 is 1.82 bits per heavy atom. The zero-order valence-corrected chi connectivity index (χ0v) is 19.0. The van der Waals surface area contributed by atoms with E-state index >= 15 is 0 Å². The molecule has 0 aliphatic rings. The second-order valence-corrected chi connectivity index (χ2v) is 7.32. The van der Waals surface area contributed by atoms with Gasteiger partial charge in [-0.25, -0.2) is 9.59 Å². The Bertz CT molecular complexity index is 1280. The summed E-state index contributed by atoms with van der Waals surface area (Å²) < 4.78 is 90.5. The minimum Gasteiger partial charge on any atom is -0.494 e. The number of hydrogen-bond acceptors (Lipinski definition) is 8. The Morgan fingerprint density at radius 1 is 0.789 bits per heavy atom. The molecule has 0 amide bonds. The summed E-state index contributed by atoms with van der Waals surface area (Å²) in [4.78, 5) is 35.6. The number of nitrogens with one attached hydrogen (secondary N) is 2. The molecule has 2 aromatic rings. The number of Topliss-reactive ketones (excluding diaryl/α,β-unsaturated/α-hetero) is 1. The van der Waals surface area contributed by atoms with Crippen molar-refractivity contribution in [3.63, 3.8) is 0 Å². The summed E-state index contributed by atoms with van der Waals surface area (Å²) in [7, 11) is 0. The lowest BCUT2D eigenvalue weighted by atomic mass is 10.0. The van der Waals surface area contributed by atoms with Crippen molar-refractivity contribution >= 4 is 29.4 Å². The van der Waals surface area contributed by atoms with Gasteiger partial charge in [0.05, 0.1) is 17.7 Å². The van der Waals surface area contributed by atoms with Crippen molar-refractivity contribution in [3.05, 3.63) is 53.1 Å². The van der Waals surface area contributed by atoms with E-state index in [0.29, 0.717) is 5.56 Å². The van der Waals surface area contributed by atoms with Crippen molar-refractivity contribution < 1.29 is 54.9 Å². The largest absolute Gasteiger partial charge is 0.494 e. The first-order valence-corrected chi connectivity index (χ1v) is 10.2. The van der Waals surface area contributed by atoms with Crippen LogP contribution in [-0.2, 0) is 9.59 Å². The van der Waals surface area contributed by atoms with Crippen LogP contribution in [0.5, 0.6) is 17.2 Å². The van der Waals surface area contributed by atoms with E-state index in [9.17, 15) is 40.7 Å². The standard InChI is InChI=1S/C22H18F6N4O6/c23-21(24,25)19(34)37-15-12(6-7-13(18(31)32)16(15)38-20(35)22(26,27)28)14(33)5-2-8-36-11-4-1-3-10(9-11)17(29)30/h1,3-4,6-7,9H,2,5,8H2,(H3,29,30)(H3,31,32). The highest BCUT2D eigenvalue weighted by Crippen LogP contribution is 2.38. The number of alkyl halides is 6. The summed E-state index contributed by atoms with van der Waals surface area (Å²) in [6, 6.07) is 7.52. The van der Waals surface area contributed by atoms with E-state index in [1.807, 2.05) is 0 Å². The molecule has 2 aromatic carbocycles. The topological polar surface area (TPSA) is 179 Å². The Morgan fingerprint density at radius 2 is 1.32 bits per heavy atom. The lowest BCUT2D eigenvalue weighted by Crippen LogP contribution is -2.31. The van der Waals surface area contributed by atoms with Gasteiger partial charge in [0.1, 0.15) is 17.4 Å². The number of rotatable bonds is 10. The van der Waals surface area contributed by atoms with Gasteiger partial charge in [-0.05, 0) is 30.7 Å². The van der Waals surface area contributed by atoms with Gasteiger partial charge in [-0.1, -0.05) is 12.1 Å². The van der Waals surface area contributed by atoms with Crippen LogP contribution in [0.3, 0.4) is 0 Å². The minimum atomic E-state index is -5.65. The zero-order valence-electron chi connectivity index (χ0n) is 19.0. The third-order valence-corrected chi connectivity index (χ3v) is 4.52. The first kappa shape index (κ1) is 29.6. The van der Waals surface area contributed by atoms with Crippen molar-refractivity contribution in [2.45, 2.75) is 25.2 Å². The molecule has 10 nitrogen and oxygen atoms in total. The monoisotopic (exact) mass is 548 g/mol. The highest BCUT2D eigenvalue weighted by atomic mass is 19.4. The molecule has 0 saturated heterocycles. The quantitative estimate of drug-likeness (QED) is 0.0665. The van der Waals surface area contributed by atoms with Crippen LogP contribution in [0.1, 0.15) is 34.3 Å². The number of hydrogen-bond donors (Lipinski definition) is 4. The van der Waals surface area contributed by atoms with E-state index in [2.05, 4.69) is 9.47 Å². The van der Waals surface area contributed by atoms with E-state index in [4.69, 9.17) is 27.0 Å². The van der Waals surface area contributed by atoms with Crippen LogP contribution in [-0.4, -0.2) is 48.4 Å². The maximum atomic E-state index is 12.8. The average molecular weight is 548 g/mol. The Hall–Kier alpha value is -4.63. The van der Waals surface area contributed by atoms with Crippen LogP contribution in [0.4, 0.5) is 26.3 Å². The summed E-state index contributed by atoms with van der Waals surface area (Å²) in [6.45, 7) is -0.133. The van der Waals surface area contributed by atoms with Gasteiger partial charge in [-0.3, -0.25) is 15.6 Å². The first-order chi connectivity index (χ1) is 17.5. The minimum absolute atomic E-state index is 0.0814. The molecule has 0 aliphatic carbocycles. The van der Waals surface area contributed by atoms with Gasteiger partial charge in [-0.2, -0.15) is 26.3 Å². The Labute approximate surface area is 209 Å². The molecule has 0 heterocycles. The number of ether oxygens (including phenoxy) is 3. The third-order valence-electron chi connectivity index (χ3n) is 4.52. The molecule has 0 unspecified atom stereocenters. The van der Waals surface area contributed by atoms with Gasteiger partial charge in [0, 0.05) is 12.0 Å². The molecule has 0 aromatic heterocycles. The zero-order chi connectivity index (χ0) is 28.8. The van der Waals surface area contributed by atoms with E-state index in [0.717, 1.165) is 12.1 Å². The molecule has 0 atom stereocenters. The van der Waals surface area contributed by atoms with Gasteiger partial charge in [0.15, 0.2) is 17.3 Å². The summed E-state index contributed by atoms with van der Waals surface area (Å²) >= 11 is 0. The van der Waals surface area contributed by atoms with E-state index < -0.39 is 65.0 Å². The molecule has 0 fully saturated rings. The molecular formula is C22H18F6N4O6. The van der Waals surface area contributed by atoms with Crippen molar-refractivity contribution in [1.82, 2.24) is 0 Å². The number of carbonyl (C=O) groups is 3. The number of nitrogen functional groups attached to an aromatic ring is 2. The number of benzene rings is 2.